The maximum Gasteiger partial charge on any atom is 0.243 e. The van der Waals surface area contributed by atoms with Gasteiger partial charge >= 0.3 is 0 Å². The maximum absolute atomic E-state index is 13.6. The van der Waals surface area contributed by atoms with Crippen LogP contribution in [-0.2, 0) is 47.4 Å². The fraction of sp³-hybridized carbons (Fsp3) is 0.184. The minimum absolute atomic E-state index is 0.0286. The molecule has 0 aromatic heterocycles. The zero-order chi connectivity index (χ0) is 31.5. The van der Waals surface area contributed by atoms with Crippen molar-refractivity contribution < 1.29 is 13.2 Å². The highest BCUT2D eigenvalue weighted by atomic mass is 32.2. The standard InChI is InChI=1S/C24H24N2O3S.C14H15N/c1-19(27)26-15-14-22-16-23(12-13-24(22)26)30(28,29)25(17-20-8-4-2-5-9-20)18-21-10-6-3-7-11-21;1-3-7-13(8-4-1)11-15-12-14-9-5-2-6-10-14/h2-13,16H,14-15,17-18H2,1H3;1-10,15H,11-12H2. The van der Waals surface area contributed by atoms with Gasteiger partial charge in [-0.25, -0.2) is 8.42 Å². The van der Waals surface area contributed by atoms with Crippen LogP contribution in [0.25, 0.3) is 0 Å². The van der Waals surface area contributed by atoms with Gasteiger partial charge in [-0.3, -0.25) is 4.79 Å². The van der Waals surface area contributed by atoms with E-state index in [1.54, 1.807) is 23.1 Å². The SMILES string of the molecule is CC(=O)N1CCc2cc(S(=O)(=O)N(Cc3ccccc3)Cc3ccccc3)ccc21.c1ccc(CNCc2ccccc2)cc1. The van der Waals surface area contributed by atoms with Crippen molar-refractivity contribution in [2.45, 2.75) is 44.4 Å². The smallest absolute Gasteiger partial charge is 0.243 e. The van der Waals surface area contributed by atoms with E-state index in [1.165, 1.54) is 22.4 Å². The molecule has 0 fully saturated rings. The molecule has 1 amide bonds. The predicted octanol–water partition coefficient (Wildman–Crippen LogP) is 6.96. The molecule has 0 atom stereocenters. The lowest BCUT2D eigenvalue weighted by Gasteiger charge is -2.23. The van der Waals surface area contributed by atoms with Crippen LogP contribution in [0.3, 0.4) is 0 Å². The van der Waals surface area contributed by atoms with Crippen LogP contribution in [0.4, 0.5) is 5.69 Å². The molecule has 0 spiro atoms. The third-order valence-electron chi connectivity index (χ3n) is 7.71. The molecule has 1 heterocycles. The molecule has 6 rings (SSSR count). The molecular formula is C38H39N3O3S. The van der Waals surface area contributed by atoms with Gasteiger partial charge in [0.05, 0.1) is 4.90 Å². The van der Waals surface area contributed by atoms with Crippen LogP contribution < -0.4 is 10.2 Å². The zero-order valence-electron chi connectivity index (χ0n) is 25.5. The first-order valence-electron chi connectivity index (χ1n) is 15.2. The number of carbonyl (C=O) groups is 1. The summed E-state index contributed by atoms with van der Waals surface area (Å²) in [5, 5.41) is 3.42. The van der Waals surface area contributed by atoms with E-state index in [0.717, 1.165) is 35.5 Å². The van der Waals surface area contributed by atoms with Crippen molar-refractivity contribution in [2.75, 3.05) is 11.4 Å². The lowest BCUT2D eigenvalue weighted by molar-refractivity contribution is -0.116. The average Bonchev–Trinajstić information content (AvgIpc) is 3.51. The van der Waals surface area contributed by atoms with Crippen LogP contribution in [0.1, 0.15) is 34.7 Å². The molecule has 6 nitrogen and oxygen atoms in total. The zero-order valence-corrected chi connectivity index (χ0v) is 26.4. The molecule has 7 heteroatoms. The summed E-state index contributed by atoms with van der Waals surface area (Å²) >= 11 is 0. The summed E-state index contributed by atoms with van der Waals surface area (Å²) in [5.74, 6) is -0.0286. The maximum atomic E-state index is 13.6. The summed E-state index contributed by atoms with van der Waals surface area (Å²) in [4.78, 5) is 13.8. The average molecular weight is 618 g/mol. The van der Waals surface area contributed by atoms with E-state index < -0.39 is 10.0 Å². The lowest BCUT2D eigenvalue weighted by Crippen LogP contribution is -2.30. The third-order valence-corrected chi connectivity index (χ3v) is 9.50. The summed E-state index contributed by atoms with van der Waals surface area (Å²) in [7, 11) is -3.73. The molecule has 0 aliphatic carbocycles. The van der Waals surface area contributed by atoms with Gasteiger partial charge in [0.2, 0.25) is 15.9 Å². The highest BCUT2D eigenvalue weighted by molar-refractivity contribution is 7.89. The largest absolute Gasteiger partial charge is 0.312 e. The Balaban J connectivity index is 0.000000223. The first-order valence-corrected chi connectivity index (χ1v) is 16.6. The Morgan fingerprint density at radius 2 is 1.11 bits per heavy atom. The van der Waals surface area contributed by atoms with E-state index in [4.69, 9.17) is 0 Å². The van der Waals surface area contributed by atoms with Crippen molar-refractivity contribution in [3.8, 4) is 0 Å². The molecule has 5 aromatic rings. The highest BCUT2D eigenvalue weighted by Crippen LogP contribution is 2.32. The number of rotatable bonds is 10. The predicted molar refractivity (Wildman–Crippen MR) is 181 cm³/mol. The van der Waals surface area contributed by atoms with Gasteiger partial charge < -0.3 is 10.2 Å². The lowest BCUT2D eigenvalue weighted by atomic mass is 10.2. The van der Waals surface area contributed by atoms with Gasteiger partial charge in [-0.2, -0.15) is 4.31 Å². The second-order valence-electron chi connectivity index (χ2n) is 11.0. The van der Waals surface area contributed by atoms with Gasteiger partial charge in [-0.05, 0) is 52.4 Å². The van der Waals surface area contributed by atoms with Gasteiger partial charge in [0.15, 0.2) is 0 Å². The topological polar surface area (TPSA) is 69.7 Å². The quantitative estimate of drug-likeness (QED) is 0.184. The molecule has 0 unspecified atom stereocenters. The van der Waals surface area contributed by atoms with Crippen LogP contribution in [-0.4, -0.2) is 25.2 Å². The summed E-state index contributed by atoms with van der Waals surface area (Å²) in [6.45, 7) is 4.54. The molecule has 0 saturated carbocycles. The summed E-state index contributed by atoms with van der Waals surface area (Å²) < 4.78 is 28.7. The van der Waals surface area contributed by atoms with Crippen LogP contribution in [0, 0.1) is 0 Å². The molecule has 45 heavy (non-hydrogen) atoms. The Kier molecular flexibility index (Phi) is 10.9. The molecule has 1 aliphatic heterocycles. The van der Waals surface area contributed by atoms with Crippen molar-refractivity contribution in [1.29, 1.82) is 0 Å². The van der Waals surface area contributed by atoms with E-state index >= 15 is 0 Å². The van der Waals surface area contributed by atoms with E-state index in [2.05, 4.69) is 53.8 Å². The van der Waals surface area contributed by atoms with Gasteiger partial charge in [0, 0.05) is 45.3 Å². The molecule has 1 aliphatic rings. The number of sulfonamides is 1. The van der Waals surface area contributed by atoms with Crippen LogP contribution in [0.15, 0.2) is 144 Å². The number of anilines is 1. The van der Waals surface area contributed by atoms with E-state index in [0.29, 0.717) is 13.0 Å². The van der Waals surface area contributed by atoms with Crippen molar-refractivity contribution >= 4 is 21.6 Å². The minimum atomic E-state index is -3.73. The number of amides is 1. The van der Waals surface area contributed by atoms with Gasteiger partial charge in [0.25, 0.3) is 0 Å². The first-order chi connectivity index (χ1) is 21.9. The molecule has 0 saturated heterocycles. The van der Waals surface area contributed by atoms with Crippen molar-refractivity contribution in [3.05, 3.63) is 167 Å². The highest BCUT2D eigenvalue weighted by Gasteiger charge is 2.29. The Labute approximate surface area is 267 Å². The van der Waals surface area contributed by atoms with E-state index in [1.807, 2.05) is 72.8 Å². The number of hydrogen-bond donors (Lipinski definition) is 1. The number of nitrogens with one attached hydrogen (secondary N) is 1. The number of nitrogens with zero attached hydrogens (tertiary/aromatic N) is 2. The third kappa shape index (κ3) is 8.76. The molecular weight excluding hydrogens is 579 g/mol. The summed E-state index contributed by atoms with van der Waals surface area (Å²) in [5.41, 5.74) is 6.22. The van der Waals surface area contributed by atoms with Crippen LogP contribution in [0.5, 0.6) is 0 Å². The summed E-state index contributed by atoms with van der Waals surface area (Å²) in [6, 6.07) is 45.2. The second-order valence-corrected chi connectivity index (χ2v) is 13.0. The van der Waals surface area contributed by atoms with Crippen LogP contribution >= 0.6 is 0 Å². The Morgan fingerprint density at radius 1 is 0.667 bits per heavy atom. The molecule has 0 bridgehead atoms. The molecule has 5 aromatic carbocycles. The number of carbonyl (C=O) groups excluding carboxylic acids is 1. The number of hydrogen-bond acceptors (Lipinski definition) is 4. The van der Waals surface area contributed by atoms with Crippen molar-refractivity contribution in [2.24, 2.45) is 0 Å². The summed E-state index contributed by atoms with van der Waals surface area (Å²) in [6.07, 6.45) is 0.662. The van der Waals surface area contributed by atoms with Crippen molar-refractivity contribution in [3.63, 3.8) is 0 Å². The van der Waals surface area contributed by atoms with E-state index in [9.17, 15) is 13.2 Å². The monoisotopic (exact) mass is 617 g/mol. The fourth-order valence-corrected chi connectivity index (χ4v) is 6.83. The minimum Gasteiger partial charge on any atom is -0.312 e. The fourth-order valence-electron chi connectivity index (χ4n) is 5.36. The molecule has 230 valence electrons. The normalized spacial score (nSPS) is 12.4. The molecule has 0 radical (unpaired) electrons. The molecule has 1 N–H and O–H groups in total. The van der Waals surface area contributed by atoms with Crippen molar-refractivity contribution in [1.82, 2.24) is 9.62 Å². The first kappa shape index (κ1) is 31.9. The Morgan fingerprint density at radius 3 is 1.56 bits per heavy atom. The van der Waals surface area contributed by atoms with Crippen LogP contribution in [0.2, 0.25) is 0 Å². The van der Waals surface area contributed by atoms with E-state index in [-0.39, 0.29) is 23.9 Å². The number of fused-ring (bicyclic) bond motifs is 1. The number of benzene rings is 5. The Bertz CT molecular complexity index is 1680. The van der Waals surface area contributed by atoms with Gasteiger partial charge in [-0.1, -0.05) is 121 Å². The Hall–Kier alpha value is -4.56. The van der Waals surface area contributed by atoms with Gasteiger partial charge in [-0.15, -0.1) is 0 Å². The second kappa shape index (κ2) is 15.4. The van der Waals surface area contributed by atoms with Gasteiger partial charge in [0.1, 0.15) is 0 Å².